The summed E-state index contributed by atoms with van der Waals surface area (Å²) in [6.45, 7) is 3.86. The SMILES string of the molecule is C=CCn1c(SCC(=O)NCC(=O)Nc2ccc(F)c(F)c2F)nnc1C1CCCCC1. The van der Waals surface area contributed by atoms with Gasteiger partial charge in [0.25, 0.3) is 0 Å². The lowest BCUT2D eigenvalue weighted by atomic mass is 9.89. The van der Waals surface area contributed by atoms with Crippen LogP contribution in [0.3, 0.4) is 0 Å². The molecule has 1 aromatic heterocycles. The number of nitrogens with one attached hydrogen (secondary N) is 2. The van der Waals surface area contributed by atoms with Crippen molar-refractivity contribution in [1.82, 2.24) is 20.1 Å². The first kappa shape index (κ1) is 23.8. The van der Waals surface area contributed by atoms with Crippen molar-refractivity contribution in [2.75, 3.05) is 17.6 Å². The molecule has 32 heavy (non-hydrogen) atoms. The van der Waals surface area contributed by atoms with Crippen molar-refractivity contribution in [3.05, 3.63) is 48.1 Å². The maximum Gasteiger partial charge on any atom is 0.243 e. The van der Waals surface area contributed by atoms with E-state index in [4.69, 9.17) is 0 Å². The molecule has 2 N–H and O–H groups in total. The Morgan fingerprint density at radius 1 is 1.12 bits per heavy atom. The van der Waals surface area contributed by atoms with Crippen LogP contribution >= 0.6 is 11.8 Å². The summed E-state index contributed by atoms with van der Waals surface area (Å²) in [5.41, 5.74) is -0.509. The van der Waals surface area contributed by atoms with E-state index in [2.05, 4.69) is 27.4 Å². The maximum atomic E-state index is 13.6. The molecule has 7 nitrogen and oxygen atoms in total. The van der Waals surface area contributed by atoms with Gasteiger partial charge in [0.2, 0.25) is 11.8 Å². The zero-order chi connectivity index (χ0) is 23.1. The number of anilines is 1. The first-order chi connectivity index (χ1) is 15.4. The van der Waals surface area contributed by atoms with Gasteiger partial charge in [-0.2, -0.15) is 0 Å². The minimum Gasteiger partial charge on any atom is -0.346 e. The van der Waals surface area contributed by atoms with E-state index in [-0.39, 0.29) is 5.75 Å². The topological polar surface area (TPSA) is 88.9 Å². The number of thioether (sulfide) groups is 1. The molecule has 1 heterocycles. The number of aromatic nitrogens is 3. The zero-order valence-corrected chi connectivity index (χ0v) is 18.2. The van der Waals surface area contributed by atoms with Gasteiger partial charge in [-0.05, 0) is 25.0 Å². The predicted octanol–water partition coefficient (Wildman–Crippen LogP) is 3.78. The van der Waals surface area contributed by atoms with Gasteiger partial charge in [0.05, 0.1) is 18.0 Å². The third-order valence-electron chi connectivity index (χ3n) is 5.12. The molecule has 0 atom stereocenters. The van der Waals surface area contributed by atoms with Crippen LogP contribution in [0.5, 0.6) is 0 Å². The monoisotopic (exact) mass is 467 g/mol. The first-order valence-electron chi connectivity index (χ1n) is 10.3. The first-order valence-corrected chi connectivity index (χ1v) is 11.3. The Balaban J connectivity index is 1.51. The lowest BCUT2D eigenvalue weighted by Crippen LogP contribution is -2.34. The Morgan fingerprint density at radius 3 is 2.59 bits per heavy atom. The van der Waals surface area contributed by atoms with E-state index >= 15 is 0 Å². The van der Waals surface area contributed by atoms with Gasteiger partial charge in [0.1, 0.15) is 5.82 Å². The number of amides is 2. The zero-order valence-electron chi connectivity index (χ0n) is 17.4. The third-order valence-corrected chi connectivity index (χ3v) is 6.08. The highest BCUT2D eigenvalue weighted by molar-refractivity contribution is 7.99. The van der Waals surface area contributed by atoms with E-state index in [1.807, 2.05) is 4.57 Å². The number of hydrogen-bond acceptors (Lipinski definition) is 5. The summed E-state index contributed by atoms with van der Waals surface area (Å²) in [7, 11) is 0. The van der Waals surface area contributed by atoms with E-state index in [0.717, 1.165) is 37.6 Å². The van der Waals surface area contributed by atoms with E-state index in [9.17, 15) is 22.8 Å². The molecule has 1 saturated carbocycles. The van der Waals surface area contributed by atoms with Crippen LogP contribution in [0.1, 0.15) is 43.8 Å². The minimum absolute atomic E-state index is 0.00718. The Morgan fingerprint density at radius 2 is 1.88 bits per heavy atom. The molecule has 0 saturated heterocycles. The molecule has 1 fully saturated rings. The average molecular weight is 468 g/mol. The van der Waals surface area contributed by atoms with Crippen molar-refractivity contribution >= 4 is 29.3 Å². The number of carbonyl (C=O) groups is 2. The fraction of sp³-hybridized carbons (Fsp3) is 0.429. The average Bonchev–Trinajstić information content (AvgIpc) is 3.20. The van der Waals surface area contributed by atoms with Crippen molar-refractivity contribution in [3.63, 3.8) is 0 Å². The van der Waals surface area contributed by atoms with Crippen LogP contribution in [0, 0.1) is 17.5 Å². The Labute approximate surface area is 187 Å². The van der Waals surface area contributed by atoms with Gasteiger partial charge in [-0.3, -0.25) is 9.59 Å². The molecule has 0 aliphatic heterocycles. The lowest BCUT2D eigenvalue weighted by Gasteiger charge is -2.21. The molecule has 1 aliphatic carbocycles. The fourth-order valence-electron chi connectivity index (χ4n) is 3.55. The Kier molecular flexibility index (Phi) is 8.32. The molecule has 1 aromatic carbocycles. The molecule has 172 valence electrons. The number of halogens is 3. The largest absolute Gasteiger partial charge is 0.346 e. The minimum atomic E-state index is -1.68. The molecule has 0 unspecified atom stereocenters. The molecule has 3 rings (SSSR count). The number of carbonyl (C=O) groups excluding carboxylic acids is 2. The molecule has 2 amide bonds. The number of benzene rings is 1. The van der Waals surface area contributed by atoms with Crippen LogP contribution in [0.15, 0.2) is 29.9 Å². The summed E-state index contributed by atoms with van der Waals surface area (Å²) in [5, 5.41) is 13.6. The highest BCUT2D eigenvalue weighted by Crippen LogP contribution is 2.33. The van der Waals surface area contributed by atoms with E-state index in [1.165, 1.54) is 18.2 Å². The summed E-state index contributed by atoms with van der Waals surface area (Å²) in [6.07, 6.45) is 7.42. The van der Waals surface area contributed by atoms with E-state index in [0.29, 0.717) is 23.7 Å². The van der Waals surface area contributed by atoms with Crippen molar-refractivity contribution in [3.8, 4) is 0 Å². The van der Waals surface area contributed by atoms with Crippen LogP contribution in [-0.2, 0) is 16.1 Å². The van der Waals surface area contributed by atoms with Gasteiger partial charge < -0.3 is 15.2 Å². The second-order valence-corrected chi connectivity index (χ2v) is 8.35. The molecule has 0 spiro atoms. The van der Waals surface area contributed by atoms with Gasteiger partial charge in [0.15, 0.2) is 22.6 Å². The van der Waals surface area contributed by atoms with Crippen molar-refractivity contribution in [1.29, 1.82) is 0 Å². The molecule has 11 heteroatoms. The normalized spacial score (nSPS) is 14.2. The van der Waals surface area contributed by atoms with Crippen LogP contribution in [0.25, 0.3) is 0 Å². The molecule has 0 bridgehead atoms. The lowest BCUT2D eigenvalue weighted by molar-refractivity contribution is -0.122. The van der Waals surface area contributed by atoms with Crippen LogP contribution in [0.2, 0.25) is 0 Å². The Bertz CT molecular complexity index is 992. The summed E-state index contributed by atoms with van der Waals surface area (Å²) in [4.78, 5) is 24.0. The highest BCUT2D eigenvalue weighted by Gasteiger charge is 2.23. The number of hydrogen-bond donors (Lipinski definition) is 2. The standard InChI is InChI=1S/C21H24F3N5O2S/c1-2-10-29-20(13-6-4-3-5-7-13)27-28-21(29)32-12-17(31)25-11-16(30)26-15-9-8-14(22)18(23)19(15)24/h2,8-9,13H,1,3-7,10-12H2,(H,25,31)(H,26,30). The van der Waals surface area contributed by atoms with Crippen LogP contribution < -0.4 is 10.6 Å². The van der Waals surface area contributed by atoms with Crippen LogP contribution in [0.4, 0.5) is 18.9 Å². The van der Waals surface area contributed by atoms with Gasteiger partial charge in [-0.25, -0.2) is 13.2 Å². The van der Waals surface area contributed by atoms with Crippen molar-refractivity contribution in [2.24, 2.45) is 0 Å². The van der Waals surface area contributed by atoms with Gasteiger partial charge in [-0.1, -0.05) is 37.1 Å². The van der Waals surface area contributed by atoms with Crippen molar-refractivity contribution in [2.45, 2.75) is 49.7 Å². The predicted molar refractivity (Wildman–Crippen MR) is 115 cm³/mol. The third kappa shape index (κ3) is 5.90. The summed E-state index contributed by atoms with van der Waals surface area (Å²) >= 11 is 1.19. The molecule has 2 aromatic rings. The number of rotatable bonds is 9. The number of allylic oxidation sites excluding steroid dienone is 1. The van der Waals surface area contributed by atoms with Gasteiger partial charge in [0, 0.05) is 12.5 Å². The van der Waals surface area contributed by atoms with Crippen LogP contribution in [-0.4, -0.2) is 38.9 Å². The molecule has 1 aliphatic rings. The summed E-state index contributed by atoms with van der Waals surface area (Å²) in [5.74, 6) is -4.52. The number of nitrogens with zero attached hydrogens (tertiary/aromatic N) is 3. The summed E-state index contributed by atoms with van der Waals surface area (Å²) < 4.78 is 41.8. The van der Waals surface area contributed by atoms with Crippen molar-refractivity contribution < 1.29 is 22.8 Å². The second-order valence-electron chi connectivity index (χ2n) is 7.41. The Hall–Kier alpha value is -2.82. The summed E-state index contributed by atoms with van der Waals surface area (Å²) in [6, 6.07) is 1.60. The second kappa shape index (κ2) is 11.2. The highest BCUT2D eigenvalue weighted by atomic mass is 32.2. The fourth-order valence-corrected chi connectivity index (χ4v) is 4.33. The quantitative estimate of drug-likeness (QED) is 0.333. The van der Waals surface area contributed by atoms with E-state index < -0.39 is 41.5 Å². The van der Waals surface area contributed by atoms with Gasteiger partial charge in [-0.15, -0.1) is 16.8 Å². The smallest absolute Gasteiger partial charge is 0.243 e. The molecule has 0 radical (unpaired) electrons. The van der Waals surface area contributed by atoms with Gasteiger partial charge >= 0.3 is 0 Å². The van der Waals surface area contributed by atoms with E-state index in [1.54, 1.807) is 6.08 Å². The molecular formula is C21H24F3N5O2S. The maximum absolute atomic E-state index is 13.6. The molecular weight excluding hydrogens is 443 g/mol.